The average molecular weight is 383 g/mol. The van der Waals surface area contributed by atoms with Crippen LogP contribution in [0.4, 0.5) is 0 Å². The summed E-state index contributed by atoms with van der Waals surface area (Å²) in [5, 5.41) is 6.47. The topological polar surface area (TPSA) is 65.1 Å². The highest BCUT2D eigenvalue weighted by Crippen LogP contribution is 2.15. The molecule has 1 aromatic carbocycles. The van der Waals surface area contributed by atoms with Gasteiger partial charge in [0, 0.05) is 13.1 Å². The number of aromatic amines is 1. The maximum atomic E-state index is 4.38. The van der Waals surface area contributed by atoms with Gasteiger partial charge in [-0.2, -0.15) is 0 Å². The third kappa shape index (κ3) is 3.72. The second-order valence-electron chi connectivity index (χ2n) is 4.47. The molecule has 5 nitrogen and oxygen atoms in total. The predicted molar refractivity (Wildman–Crippen MR) is 91.2 cm³/mol. The number of aliphatic imine (C=N–C) groups is 1. The lowest BCUT2D eigenvalue weighted by Gasteiger charge is -2.15. The Balaban J connectivity index is 0.00000147. The Kier molecular flexibility index (Phi) is 5.40. The first-order chi connectivity index (χ1) is 9.42. The average Bonchev–Trinajstić information content (AvgIpc) is 2.96. The van der Waals surface area contributed by atoms with E-state index in [-0.39, 0.29) is 24.0 Å². The Hall–Kier alpha value is -1.57. The zero-order chi connectivity index (χ0) is 12.9. The Bertz CT molecular complexity index is 564. The van der Waals surface area contributed by atoms with Crippen LogP contribution in [0.2, 0.25) is 0 Å². The molecular weight excluding hydrogens is 365 g/mol. The minimum atomic E-state index is 0. The van der Waals surface area contributed by atoms with E-state index in [1.165, 1.54) is 0 Å². The highest BCUT2D eigenvalue weighted by atomic mass is 127. The van der Waals surface area contributed by atoms with Gasteiger partial charge in [-0.05, 0) is 12.0 Å². The number of hydrogen-bond donors (Lipinski definition) is 3. The summed E-state index contributed by atoms with van der Waals surface area (Å²) in [6.07, 6.45) is 2.96. The van der Waals surface area contributed by atoms with Crippen LogP contribution >= 0.6 is 24.0 Å². The van der Waals surface area contributed by atoms with Crippen molar-refractivity contribution in [3.05, 3.63) is 42.4 Å². The van der Waals surface area contributed by atoms with Crippen molar-refractivity contribution >= 4 is 29.9 Å². The van der Waals surface area contributed by atoms with E-state index in [9.17, 15) is 0 Å². The molecule has 0 unspecified atom stereocenters. The standard InChI is InChI=1S/C14H17N5.HI/c1-2-5-11(6-3-1)12-9-17-13(19-12)10-18-14-15-7-4-8-16-14;/h1-3,5-6,9H,4,7-8,10H2,(H,17,19)(H2,15,16,18);1H. The van der Waals surface area contributed by atoms with E-state index < -0.39 is 0 Å². The first-order valence-electron chi connectivity index (χ1n) is 6.53. The third-order valence-electron chi connectivity index (χ3n) is 3.03. The van der Waals surface area contributed by atoms with Gasteiger partial charge in [-0.25, -0.2) is 4.98 Å². The molecule has 106 valence electrons. The lowest BCUT2D eigenvalue weighted by Crippen LogP contribution is -2.40. The van der Waals surface area contributed by atoms with E-state index in [2.05, 4.69) is 37.7 Å². The molecule has 1 aliphatic rings. The summed E-state index contributed by atoms with van der Waals surface area (Å²) < 4.78 is 0. The molecule has 6 heteroatoms. The quantitative estimate of drug-likeness (QED) is 0.712. The van der Waals surface area contributed by atoms with Crippen molar-refractivity contribution in [1.29, 1.82) is 0 Å². The fraction of sp³-hybridized carbons (Fsp3) is 0.286. The van der Waals surface area contributed by atoms with Gasteiger partial charge in [0.1, 0.15) is 5.82 Å². The maximum absolute atomic E-state index is 4.38. The number of guanidine groups is 1. The van der Waals surface area contributed by atoms with Crippen molar-refractivity contribution in [2.24, 2.45) is 4.99 Å². The van der Waals surface area contributed by atoms with Gasteiger partial charge in [0.05, 0.1) is 18.4 Å². The summed E-state index contributed by atoms with van der Waals surface area (Å²) in [4.78, 5) is 12.1. The number of aromatic nitrogens is 2. The monoisotopic (exact) mass is 383 g/mol. The number of benzene rings is 1. The number of imidazole rings is 1. The molecule has 3 N–H and O–H groups in total. The molecule has 2 heterocycles. The minimum absolute atomic E-state index is 0. The Morgan fingerprint density at radius 1 is 1.20 bits per heavy atom. The second kappa shape index (κ2) is 7.28. The van der Waals surface area contributed by atoms with Crippen molar-refractivity contribution in [2.75, 3.05) is 13.1 Å². The number of H-pyrrole nitrogens is 1. The molecule has 1 aliphatic heterocycles. The zero-order valence-corrected chi connectivity index (χ0v) is 13.4. The number of rotatable bonds is 3. The van der Waals surface area contributed by atoms with Crippen LogP contribution in [0.3, 0.4) is 0 Å². The Morgan fingerprint density at radius 2 is 2.05 bits per heavy atom. The van der Waals surface area contributed by atoms with Gasteiger partial charge in [0.25, 0.3) is 0 Å². The SMILES string of the molecule is I.c1ccc(-c2cnc(CNC3=NCCCN3)[nH]2)cc1. The molecule has 2 aromatic rings. The van der Waals surface area contributed by atoms with Gasteiger partial charge >= 0.3 is 0 Å². The predicted octanol–water partition coefficient (Wildman–Crippen LogP) is 2.13. The summed E-state index contributed by atoms with van der Waals surface area (Å²) in [6, 6.07) is 10.2. The molecule has 20 heavy (non-hydrogen) atoms. The molecule has 0 amide bonds. The van der Waals surface area contributed by atoms with Crippen molar-refractivity contribution in [3.63, 3.8) is 0 Å². The summed E-state index contributed by atoms with van der Waals surface area (Å²) in [6.45, 7) is 2.53. The van der Waals surface area contributed by atoms with E-state index in [4.69, 9.17) is 0 Å². The molecule has 0 aliphatic carbocycles. The maximum Gasteiger partial charge on any atom is 0.191 e. The molecule has 0 bridgehead atoms. The van der Waals surface area contributed by atoms with Crippen LogP contribution in [0.1, 0.15) is 12.2 Å². The molecule has 0 saturated heterocycles. The van der Waals surface area contributed by atoms with E-state index in [1.807, 2.05) is 24.4 Å². The lowest BCUT2D eigenvalue weighted by molar-refractivity contribution is 0.695. The number of nitrogens with one attached hydrogen (secondary N) is 3. The molecule has 0 radical (unpaired) electrons. The van der Waals surface area contributed by atoms with Crippen LogP contribution in [-0.4, -0.2) is 29.0 Å². The molecule has 3 rings (SSSR count). The molecule has 0 fully saturated rings. The fourth-order valence-corrected chi connectivity index (χ4v) is 2.04. The van der Waals surface area contributed by atoms with Crippen molar-refractivity contribution < 1.29 is 0 Å². The van der Waals surface area contributed by atoms with Gasteiger partial charge in [-0.1, -0.05) is 30.3 Å². The van der Waals surface area contributed by atoms with E-state index in [0.717, 1.165) is 42.6 Å². The molecular formula is C14H18IN5. The summed E-state index contributed by atoms with van der Waals surface area (Å²) in [5.74, 6) is 1.78. The summed E-state index contributed by atoms with van der Waals surface area (Å²) >= 11 is 0. The fourth-order valence-electron chi connectivity index (χ4n) is 2.04. The normalized spacial score (nSPS) is 13.9. The highest BCUT2D eigenvalue weighted by molar-refractivity contribution is 14.0. The second-order valence-corrected chi connectivity index (χ2v) is 4.47. The van der Waals surface area contributed by atoms with E-state index in [0.29, 0.717) is 6.54 Å². The smallest absolute Gasteiger partial charge is 0.191 e. The zero-order valence-electron chi connectivity index (χ0n) is 11.1. The van der Waals surface area contributed by atoms with Crippen molar-refractivity contribution in [3.8, 4) is 11.3 Å². The Morgan fingerprint density at radius 3 is 2.80 bits per heavy atom. The number of hydrogen-bond acceptors (Lipinski definition) is 4. The van der Waals surface area contributed by atoms with Crippen LogP contribution in [0.25, 0.3) is 11.3 Å². The summed E-state index contributed by atoms with van der Waals surface area (Å²) in [7, 11) is 0. The molecule has 0 spiro atoms. The van der Waals surface area contributed by atoms with Crippen LogP contribution in [0.5, 0.6) is 0 Å². The number of halogens is 1. The van der Waals surface area contributed by atoms with E-state index in [1.54, 1.807) is 0 Å². The van der Waals surface area contributed by atoms with Crippen molar-refractivity contribution in [2.45, 2.75) is 13.0 Å². The van der Waals surface area contributed by atoms with Gasteiger partial charge in [0.15, 0.2) is 5.96 Å². The summed E-state index contributed by atoms with van der Waals surface area (Å²) in [5.41, 5.74) is 2.19. The first-order valence-corrected chi connectivity index (χ1v) is 6.53. The Labute approximate surface area is 135 Å². The first kappa shape index (κ1) is 14.8. The van der Waals surface area contributed by atoms with Crippen LogP contribution in [-0.2, 0) is 6.54 Å². The third-order valence-corrected chi connectivity index (χ3v) is 3.03. The number of nitrogens with zero attached hydrogens (tertiary/aromatic N) is 2. The van der Waals surface area contributed by atoms with Crippen LogP contribution in [0, 0.1) is 0 Å². The molecule has 0 atom stereocenters. The van der Waals surface area contributed by atoms with Gasteiger partial charge in [-0.3, -0.25) is 4.99 Å². The minimum Gasteiger partial charge on any atom is -0.356 e. The lowest BCUT2D eigenvalue weighted by atomic mass is 10.2. The van der Waals surface area contributed by atoms with E-state index >= 15 is 0 Å². The van der Waals surface area contributed by atoms with Crippen molar-refractivity contribution in [1.82, 2.24) is 20.6 Å². The van der Waals surface area contributed by atoms with Gasteiger partial charge in [-0.15, -0.1) is 24.0 Å². The highest BCUT2D eigenvalue weighted by Gasteiger charge is 2.05. The molecule has 1 aromatic heterocycles. The molecule has 0 saturated carbocycles. The largest absolute Gasteiger partial charge is 0.356 e. The van der Waals surface area contributed by atoms with Gasteiger partial charge < -0.3 is 15.6 Å². The van der Waals surface area contributed by atoms with Gasteiger partial charge in [0.2, 0.25) is 0 Å². The van der Waals surface area contributed by atoms with Crippen LogP contribution < -0.4 is 10.6 Å². The van der Waals surface area contributed by atoms with Crippen LogP contribution in [0.15, 0.2) is 41.5 Å².